The Kier molecular flexibility index (Phi) is 2.81. The molecule has 2 aromatic rings. The minimum absolute atomic E-state index is 0.0563. The molecule has 0 saturated carbocycles. The van der Waals surface area contributed by atoms with Gasteiger partial charge in [0.1, 0.15) is 11.3 Å². The Bertz CT molecular complexity index is 540. The summed E-state index contributed by atoms with van der Waals surface area (Å²) in [6.07, 6.45) is 0.0563. The molecule has 82 valence electrons. The molecule has 0 fully saturated rings. The van der Waals surface area contributed by atoms with Gasteiger partial charge in [-0.2, -0.15) is 0 Å². The Morgan fingerprint density at radius 1 is 1.38 bits per heavy atom. The first-order valence-electron chi connectivity index (χ1n) is 4.81. The summed E-state index contributed by atoms with van der Waals surface area (Å²) < 4.78 is 17.9. The van der Waals surface area contributed by atoms with E-state index < -0.39 is 0 Å². The number of methoxy groups -OCH3 is 1. The van der Waals surface area contributed by atoms with Gasteiger partial charge in [0.05, 0.1) is 19.2 Å². The predicted molar refractivity (Wildman–Crippen MR) is 57.4 cm³/mol. The van der Waals surface area contributed by atoms with Crippen molar-refractivity contribution in [1.29, 1.82) is 0 Å². The highest BCUT2D eigenvalue weighted by Gasteiger charge is 2.07. The number of esters is 1. The van der Waals surface area contributed by atoms with Crippen LogP contribution in [0.2, 0.25) is 0 Å². The van der Waals surface area contributed by atoms with Crippen molar-refractivity contribution in [3.63, 3.8) is 0 Å². The van der Waals surface area contributed by atoms with Crippen molar-refractivity contribution in [2.24, 2.45) is 0 Å². The van der Waals surface area contributed by atoms with E-state index in [9.17, 15) is 9.18 Å². The van der Waals surface area contributed by atoms with Crippen LogP contribution in [0.1, 0.15) is 5.69 Å². The van der Waals surface area contributed by atoms with Crippen LogP contribution in [-0.2, 0) is 16.0 Å². The Hall–Kier alpha value is -1.97. The smallest absolute Gasteiger partial charge is 0.311 e. The summed E-state index contributed by atoms with van der Waals surface area (Å²) in [5, 5.41) is 0.716. The van der Waals surface area contributed by atoms with Gasteiger partial charge in [0.25, 0.3) is 0 Å². The van der Waals surface area contributed by atoms with Gasteiger partial charge in [-0.25, -0.2) is 9.37 Å². The highest BCUT2D eigenvalue weighted by molar-refractivity contribution is 5.80. The van der Waals surface area contributed by atoms with Crippen LogP contribution in [0.3, 0.4) is 0 Å². The van der Waals surface area contributed by atoms with E-state index in [0.717, 1.165) is 0 Å². The van der Waals surface area contributed by atoms with E-state index >= 15 is 0 Å². The standard InChI is InChI=1S/C12H10FNO2/c1-16-11(15)7-9-6-5-8-3-2-4-10(13)12(8)14-9/h2-6H,7H2,1H3. The van der Waals surface area contributed by atoms with Gasteiger partial charge in [-0.05, 0) is 12.1 Å². The molecule has 0 atom stereocenters. The van der Waals surface area contributed by atoms with Gasteiger partial charge in [-0.1, -0.05) is 18.2 Å². The van der Waals surface area contributed by atoms with Crippen LogP contribution in [0.5, 0.6) is 0 Å². The van der Waals surface area contributed by atoms with Crippen LogP contribution in [-0.4, -0.2) is 18.1 Å². The summed E-state index contributed by atoms with van der Waals surface area (Å²) in [5.41, 5.74) is 0.786. The number of rotatable bonds is 2. The molecule has 0 N–H and O–H groups in total. The van der Waals surface area contributed by atoms with E-state index in [-0.39, 0.29) is 23.7 Å². The highest BCUT2D eigenvalue weighted by Crippen LogP contribution is 2.16. The fourth-order valence-electron chi connectivity index (χ4n) is 1.47. The number of benzene rings is 1. The van der Waals surface area contributed by atoms with Crippen molar-refractivity contribution in [1.82, 2.24) is 4.98 Å². The average molecular weight is 219 g/mol. The van der Waals surface area contributed by atoms with E-state index in [1.807, 2.05) is 0 Å². The van der Waals surface area contributed by atoms with Crippen molar-refractivity contribution in [2.45, 2.75) is 6.42 Å². The first-order chi connectivity index (χ1) is 7.70. The maximum absolute atomic E-state index is 13.4. The Balaban J connectivity index is 2.43. The molecule has 1 aromatic heterocycles. The first kappa shape index (κ1) is 10.5. The number of carbonyl (C=O) groups is 1. The Morgan fingerprint density at radius 3 is 2.94 bits per heavy atom. The largest absolute Gasteiger partial charge is 0.469 e. The van der Waals surface area contributed by atoms with Crippen molar-refractivity contribution in [3.05, 3.63) is 41.8 Å². The molecule has 1 heterocycles. The Morgan fingerprint density at radius 2 is 2.19 bits per heavy atom. The maximum atomic E-state index is 13.4. The molecule has 0 aliphatic carbocycles. The van der Waals surface area contributed by atoms with Crippen molar-refractivity contribution < 1.29 is 13.9 Å². The van der Waals surface area contributed by atoms with Gasteiger partial charge < -0.3 is 4.74 Å². The third-order valence-corrected chi connectivity index (χ3v) is 2.28. The number of para-hydroxylation sites is 1. The maximum Gasteiger partial charge on any atom is 0.311 e. The number of aromatic nitrogens is 1. The molecule has 0 aliphatic heterocycles. The van der Waals surface area contributed by atoms with Crippen molar-refractivity contribution in [2.75, 3.05) is 7.11 Å². The third kappa shape index (κ3) is 2.00. The molecule has 0 bridgehead atoms. The second-order valence-electron chi connectivity index (χ2n) is 3.37. The van der Waals surface area contributed by atoms with Gasteiger partial charge in [0.15, 0.2) is 0 Å². The number of hydrogen-bond donors (Lipinski definition) is 0. The monoisotopic (exact) mass is 219 g/mol. The quantitative estimate of drug-likeness (QED) is 0.726. The fourth-order valence-corrected chi connectivity index (χ4v) is 1.47. The summed E-state index contributed by atoms with van der Waals surface area (Å²) in [5.74, 6) is -0.771. The predicted octanol–water partition coefficient (Wildman–Crippen LogP) is 2.09. The van der Waals surface area contributed by atoms with Gasteiger partial charge in [0, 0.05) is 5.39 Å². The molecule has 1 aromatic carbocycles. The SMILES string of the molecule is COC(=O)Cc1ccc2cccc(F)c2n1. The number of nitrogens with zero attached hydrogens (tertiary/aromatic N) is 1. The zero-order valence-corrected chi connectivity index (χ0v) is 8.74. The van der Waals surface area contributed by atoms with Crippen LogP contribution in [0.4, 0.5) is 4.39 Å². The van der Waals surface area contributed by atoms with Crippen LogP contribution >= 0.6 is 0 Å². The number of hydrogen-bond acceptors (Lipinski definition) is 3. The molecular formula is C12H10FNO2. The van der Waals surface area contributed by atoms with E-state index in [4.69, 9.17) is 0 Å². The second-order valence-corrected chi connectivity index (χ2v) is 3.37. The zero-order chi connectivity index (χ0) is 11.5. The molecule has 4 heteroatoms. The molecule has 0 aliphatic rings. The molecule has 0 radical (unpaired) electrons. The van der Waals surface area contributed by atoms with E-state index in [1.54, 1.807) is 24.3 Å². The minimum Gasteiger partial charge on any atom is -0.469 e. The lowest BCUT2D eigenvalue weighted by molar-refractivity contribution is -0.139. The third-order valence-electron chi connectivity index (χ3n) is 2.28. The van der Waals surface area contributed by atoms with Gasteiger partial charge >= 0.3 is 5.97 Å². The fraction of sp³-hybridized carbons (Fsp3) is 0.167. The van der Waals surface area contributed by atoms with Gasteiger partial charge in [0.2, 0.25) is 0 Å². The zero-order valence-electron chi connectivity index (χ0n) is 8.74. The van der Waals surface area contributed by atoms with Crippen LogP contribution in [0.25, 0.3) is 10.9 Å². The number of pyridine rings is 1. The molecule has 3 nitrogen and oxygen atoms in total. The van der Waals surface area contributed by atoms with Crippen LogP contribution in [0.15, 0.2) is 30.3 Å². The lowest BCUT2D eigenvalue weighted by Crippen LogP contribution is -2.06. The van der Waals surface area contributed by atoms with Crippen LogP contribution in [0, 0.1) is 5.82 Å². The molecule has 2 rings (SSSR count). The summed E-state index contributed by atoms with van der Waals surface area (Å²) in [6, 6.07) is 8.17. The molecule has 16 heavy (non-hydrogen) atoms. The summed E-state index contributed by atoms with van der Waals surface area (Å²) in [7, 11) is 1.31. The summed E-state index contributed by atoms with van der Waals surface area (Å²) >= 11 is 0. The molecule has 0 unspecified atom stereocenters. The van der Waals surface area contributed by atoms with E-state index in [0.29, 0.717) is 11.1 Å². The first-order valence-corrected chi connectivity index (χ1v) is 4.81. The van der Waals surface area contributed by atoms with E-state index in [2.05, 4.69) is 9.72 Å². The number of carbonyl (C=O) groups excluding carboxylic acids is 1. The van der Waals surface area contributed by atoms with E-state index in [1.165, 1.54) is 13.2 Å². The summed E-state index contributed by atoms with van der Waals surface area (Å²) in [4.78, 5) is 15.1. The normalized spacial score (nSPS) is 10.4. The Labute approximate surface area is 91.9 Å². The van der Waals surface area contributed by atoms with Gasteiger partial charge in [-0.15, -0.1) is 0 Å². The topological polar surface area (TPSA) is 39.2 Å². The van der Waals surface area contributed by atoms with Crippen LogP contribution < -0.4 is 0 Å². The number of halogens is 1. The molecule has 0 saturated heterocycles. The van der Waals surface area contributed by atoms with Crippen molar-refractivity contribution >= 4 is 16.9 Å². The number of fused-ring (bicyclic) bond motifs is 1. The second kappa shape index (κ2) is 4.26. The summed E-state index contributed by atoms with van der Waals surface area (Å²) in [6.45, 7) is 0. The molecule has 0 spiro atoms. The average Bonchev–Trinajstić information content (AvgIpc) is 2.30. The number of ether oxygens (including phenoxy) is 1. The molecular weight excluding hydrogens is 209 g/mol. The minimum atomic E-state index is -0.386. The van der Waals surface area contributed by atoms with Crippen molar-refractivity contribution in [3.8, 4) is 0 Å². The van der Waals surface area contributed by atoms with Gasteiger partial charge in [-0.3, -0.25) is 4.79 Å². The molecule has 0 amide bonds. The highest BCUT2D eigenvalue weighted by atomic mass is 19.1. The lowest BCUT2D eigenvalue weighted by atomic mass is 10.2. The lowest BCUT2D eigenvalue weighted by Gasteiger charge is -2.02.